The fourth-order valence-corrected chi connectivity index (χ4v) is 2.01. The van der Waals surface area contributed by atoms with Crippen molar-refractivity contribution in [1.29, 1.82) is 0 Å². The summed E-state index contributed by atoms with van der Waals surface area (Å²) in [6.07, 6.45) is 5.80. The highest BCUT2D eigenvalue weighted by molar-refractivity contribution is 5.79. The van der Waals surface area contributed by atoms with Gasteiger partial charge >= 0.3 is 0 Å². The van der Waals surface area contributed by atoms with Crippen LogP contribution in [0.3, 0.4) is 0 Å². The molecular weight excluding hydrogens is 214 g/mol. The van der Waals surface area contributed by atoms with Gasteiger partial charge in [0.25, 0.3) is 0 Å². The van der Waals surface area contributed by atoms with Gasteiger partial charge in [-0.05, 0) is 11.1 Å². The summed E-state index contributed by atoms with van der Waals surface area (Å²) in [5.74, 6) is 2.81. The van der Waals surface area contributed by atoms with E-state index >= 15 is 0 Å². The Hall–Kier alpha value is -1.79. The molecule has 1 aliphatic heterocycles. The van der Waals surface area contributed by atoms with Crippen molar-refractivity contribution in [2.75, 3.05) is 6.54 Å². The number of aliphatic hydroxyl groups is 1. The molecule has 17 heavy (non-hydrogen) atoms. The van der Waals surface area contributed by atoms with Crippen molar-refractivity contribution in [3.05, 3.63) is 35.4 Å². The van der Waals surface area contributed by atoms with Crippen molar-refractivity contribution in [2.45, 2.75) is 19.6 Å². The molecule has 1 aliphatic rings. The zero-order valence-corrected chi connectivity index (χ0v) is 9.60. The van der Waals surface area contributed by atoms with Crippen LogP contribution in [0.4, 0.5) is 0 Å². The van der Waals surface area contributed by atoms with Gasteiger partial charge in [-0.2, -0.15) is 0 Å². The Bertz CT molecular complexity index is 444. The second-order valence-corrected chi connectivity index (χ2v) is 4.32. The zero-order valence-electron chi connectivity index (χ0n) is 9.60. The normalized spacial score (nSPS) is 19.4. The van der Waals surface area contributed by atoms with E-state index in [0.29, 0.717) is 19.5 Å². The lowest BCUT2D eigenvalue weighted by molar-refractivity contribution is -0.128. The average Bonchev–Trinajstić information content (AvgIpc) is 2.71. The van der Waals surface area contributed by atoms with Gasteiger partial charge in [-0.1, -0.05) is 24.3 Å². The molecule has 1 aromatic rings. The van der Waals surface area contributed by atoms with Crippen LogP contribution in [-0.2, 0) is 17.9 Å². The van der Waals surface area contributed by atoms with E-state index in [1.165, 1.54) is 0 Å². The molecule has 0 radical (unpaired) electrons. The van der Waals surface area contributed by atoms with Gasteiger partial charge in [0.1, 0.15) is 0 Å². The maximum Gasteiger partial charge on any atom is 0.224 e. The summed E-state index contributed by atoms with van der Waals surface area (Å²) in [6.45, 7) is 1.29. The van der Waals surface area contributed by atoms with Crippen molar-refractivity contribution in [1.82, 2.24) is 4.90 Å². The Morgan fingerprint density at radius 3 is 2.53 bits per heavy atom. The molecule has 0 saturated carbocycles. The minimum Gasteiger partial charge on any atom is -0.392 e. The number of terminal acetylenes is 1. The molecule has 0 aliphatic carbocycles. The summed E-state index contributed by atoms with van der Waals surface area (Å²) in [5.41, 5.74) is 1.94. The minimum atomic E-state index is 0.0437. The predicted molar refractivity (Wildman–Crippen MR) is 64.7 cm³/mol. The second kappa shape index (κ2) is 5.03. The largest absolute Gasteiger partial charge is 0.392 e. The van der Waals surface area contributed by atoms with Crippen LogP contribution in [0.5, 0.6) is 0 Å². The van der Waals surface area contributed by atoms with E-state index in [4.69, 9.17) is 11.5 Å². The molecule has 1 saturated heterocycles. The van der Waals surface area contributed by atoms with Gasteiger partial charge in [0.2, 0.25) is 5.91 Å². The SMILES string of the molecule is C#CC1CC(=O)N(Cc2ccc(CO)cc2)C1. The molecule has 88 valence electrons. The second-order valence-electron chi connectivity index (χ2n) is 4.32. The first-order chi connectivity index (χ1) is 8.22. The lowest BCUT2D eigenvalue weighted by Crippen LogP contribution is -2.24. The Balaban J connectivity index is 2.01. The maximum atomic E-state index is 11.7. The van der Waals surface area contributed by atoms with Crippen molar-refractivity contribution in [2.24, 2.45) is 5.92 Å². The first kappa shape index (κ1) is 11.7. The van der Waals surface area contributed by atoms with Gasteiger partial charge in [0, 0.05) is 25.4 Å². The lowest BCUT2D eigenvalue weighted by Gasteiger charge is -2.15. The standard InChI is InChI=1S/C14H15NO2/c1-2-11-7-14(17)15(8-11)9-12-3-5-13(10-16)6-4-12/h1,3-6,11,16H,7-10H2. The van der Waals surface area contributed by atoms with Crippen LogP contribution >= 0.6 is 0 Å². The van der Waals surface area contributed by atoms with Gasteiger partial charge in [-0.25, -0.2) is 0 Å². The van der Waals surface area contributed by atoms with Crippen LogP contribution in [0.2, 0.25) is 0 Å². The van der Waals surface area contributed by atoms with Crippen LogP contribution in [0.25, 0.3) is 0 Å². The minimum absolute atomic E-state index is 0.0437. The Morgan fingerprint density at radius 1 is 1.35 bits per heavy atom. The number of carbonyl (C=O) groups is 1. The first-order valence-corrected chi connectivity index (χ1v) is 5.65. The molecule has 1 amide bonds. The molecule has 0 spiro atoms. The van der Waals surface area contributed by atoms with Crippen LogP contribution in [-0.4, -0.2) is 22.5 Å². The fraction of sp³-hybridized carbons (Fsp3) is 0.357. The quantitative estimate of drug-likeness (QED) is 0.790. The number of rotatable bonds is 3. The maximum absolute atomic E-state index is 11.7. The van der Waals surface area contributed by atoms with Crippen molar-refractivity contribution in [3.8, 4) is 12.3 Å². The number of hydrogen-bond acceptors (Lipinski definition) is 2. The summed E-state index contributed by atoms with van der Waals surface area (Å²) in [4.78, 5) is 13.5. The van der Waals surface area contributed by atoms with E-state index in [1.807, 2.05) is 24.3 Å². The number of aliphatic hydroxyl groups excluding tert-OH is 1. The van der Waals surface area contributed by atoms with E-state index in [1.54, 1.807) is 4.90 Å². The number of benzene rings is 1. The van der Waals surface area contributed by atoms with Gasteiger partial charge in [0.15, 0.2) is 0 Å². The molecule has 1 fully saturated rings. The third kappa shape index (κ3) is 2.66. The number of nitrogens with zero attached hydrogens (tertiary/aromatic N) is 1. The topological polar surface area (TPSA) is 40.5 Å². The molecule has 3 heteroatoms. The highest BCUT2D eigenvalue weighted by Crippen LogP contribution is 2.19. The molecule has 3 nitrogen and oxygen atoms in total. The summed E-state index contributed by atoms with van der Waals surface area (Å²) < 4.78 is 0. The summed E-state index contributed by atoms with van der Waals surface area (Å²) >= 11 is 0. The van der Waals surface area contributed by atoms with Crippen LogP contribution in [0.1, 0.15) is 17.5 Å². The number of likely N-dealkylation sites (tertiary alicyclic amines) is 1. The van der Waals surface area contributed by atoms with Crippen LogP contribution in [0.15, 0.2) is 24.3 Å². The van der Waals surface area contributed by atoms with E-state index in [-0.39, 0.29) is 18.4 Å². The molecule has 1 N–H and O–H groups in total. The molecular formula is C14H15NO2. The fourth-order valence-electron chi connectivity index (χ4n) is 2.01. The zero-order chi connectivity index (χ0) is 12.3. The van der Waals surface area contributed by atoms with Crippen LogP contribution < -0.4 is 0 Å². The third-order valence-electron chi connectivity index (χ3n) is 3.03. The van der Waals surface area contributed by atoms with Gasteiger partial charge in [-0.3, -0.25) is 4.79 Å². The van der Waals surface area contributed by atoms with Gasteiger partial charge in [-0.15, -0.1) is 12.3 Å². The number of amides is 1. The lowest BCUT2D eigenvalue weighted by atomic mass is 10.1. The summed E-state index contributed by atoms with van der Waals surface area (Å²) in [7, 11) is 0. The van der Waals surface area contributed by atoms with E-state index in [2.05, 4.69) is 5.92 Å². The predicted octanol–water partition coefficient (Wildman–Crippen LogP) is 1.16. The highest BCUT2D eigenvalue weighted by atomic mass is 16.3. The summed E-state index contributed by atoms with van der Waals surface area (Å²) in [5, 5.41) is 8.93. The molecule has 1 heterocycles. The van der Waals surface area contributed by atoms with E-state index < -0.39 is 0 Å². The number of hydrogen-bond donors (Lipinski definition) is 1. The first-order valence-electron chi connectivity index (χ1n) is 5.65. The molecule has 0 aromatic heterocycles. The molecule has 1 atom stereocenters. The Morgan fingerprint density at radius 2 is 2.00 bits per heavy atom. The molecule has 1 unspecified atom stereocenters. The Labute approximate surface area is 101 Å². The smallest absolute Gasteiger partial charge is 0.224 e. The van der Waals surface area contributed by atoms with Crippen molar-refractivity contribution in [3.63, 3.8) is 0 Å². The van der Waals surface area contributed by atoms with E-state index in [0.717, 1.165) is 11.1 Å². The average molecular weight is 229 g/mol. The molecule has 1 aromatic carbocycles. The van der Waals surface area contributed by atoms with Crippen molar-refractivity contribution >= 4 is 5.91 Å². The molecule has 2 rings (SSSR count). The van der Waals surface area contributed by atoms with E-state index in [9.17, 15) is 4.79 Å². The summed E-state index contributed by atoms with van der Waals surface area (Å²) in [6, 6.07) is 7.60. The van der Waals surface area contributed by atoms with Crippen molar-refractivity contribution < 1.29 is 9.90 Å². The van der Waals surface area contributed by atoms with Gasteiger partial charge < -0.3 is 10.0 Å². The monoisotopic (exact) mass is 229 g/mol. The third-order valence-corrected chi connectivity index (χ3v) is 3.03. The molecule has 0 bridgehead atoms. The van der Waals surface area contributed by atoms with Gasteiger partial charge in [0.05, 0.1) is 6.61 Å². The van der Waals surface area contributed by atoms with Crippen LogP contribution in [0, 0.1) is 18.3 Å². The number of carbonyl (C=O) groups excluding carboxylic acids is 1. The Kier molecular flexibility index (Phi) is 3.46. The highest BCUT2D eigenvalue weighted by Gasteiger charge is 2.27.